The van der Waals surface area contributed by atoms with Crippen LogP contribution in [-0.4, -0.2) is 22.7 Å². The Morgan fingerprint density at radius 2 is 2.33 bits per heavy atom. The molecule has 0 bridgehead atoms. The van der Waals surface area contributed by atoms with Crippen molar-refractivity contribution in [3.8, 4) is 16.2 Å². The molecule has 0 saturated carbocycles. The molecule has 0 spiro atoms. The first-order chi connectivity index (χ1) is 8.65. The van der Waals surface area contributed by atoms with Gasteiger partial charge in [-0.2, -0.15) is 0 Å². The second kappa shape index (κ2) is 3.99. The molecule has 3 N–H and O–H groups in total. The van der Waals surface area contributed by atoms with Crippen LogP contribution in [0.3, 0.4) is 0 Å². The van der Waals surface area contributed by atoms with Gasteiger partial charge in [-0.1, -0.05) is 0 Å². The molecule has 18 heavy (non-hydrogen) atoms. The van der Waals surface area contributed by atoms with Gasteiger partial charge in [0.05, 0.1) is 12.2 Å². The minimum atomic E-state index is -0.904. The van der Waals surface area contributed by atoms with Gasteiger partial charge in [-0.15, -0.1) is 11.3 Å². The number of fused-ring (bicyclic) bond motifs is 3. The van der Waals surface area contributed by atoms with Crippen molar-refractivity contribution < 1.29 is 14.6 Å². The summed E-state index contributed by atoms with van der Waals surface area (Å²) in [4.78, 5) is 16.3. The zero-order valence-corrected chi connectivity index (χ0v) is 10.2. The molecule has 1 aliphatic heterocycles. The van der Waals surface area contributed by atoms with E-state index in [0.717, 1.165) is 16.0 Å². The lowest BCUT2D eigenvalue weighted by Crippen LogP contribution is -2.00. The minimum Gasteiger partial charge on any atom is -0.492 e. The van der Waals surface area contributed by atoms with Crippen molar-refractivity contribution in [3.63, 3.8) is 0 Å². The monoisotopic (exact) mass is 262 g/mol. The van der Waals surface area contributed by atoms with Crippen molar-refractivity contribution in [1.82, 2.24) is 4.98 Å². The summed E-state index contributed by atoms with van der Waals surface area (Å²) in [5.41, 5.74) is 7.43. The van der Waals surface area contributed by atoms with Crippen molar-refractivity contribution >= 4 is 23.1 Å². The second-order valence-corrected chi connectivity index (χ2v) is 5.03. The summed E-state index contributed by atoms with van der Waals surface area (Å²) in [6.45, 7) is 0.513. The molecule has 3 heterocycles. The molecule has 0 radical (unpaired) electrons. The Kier molecular flexibility index (Phi) is 2.45. The van der Waals surface area contributed by atoms with Crippen LogP contribution in [0.4, 0.5) is 5.82 Å². The summed E-state index contributed by atoms with van der Waals surface area (Å²) in [6.07, 6.45) is 2.32. The summed E-state index contributed by atoms with van der Waals surface area (Å²) in [6, 6.07) is 3.38. The average Bonchev–Trinajstić information content (AvgIpc) is 2.67. The number of rotatable bonds is 1. The van der Waals surface area contributed by atoms with E-state index in [0.29, 0.717) is 29.5 Å². The van der Waals surface area contributed by atoms with Crippen molar-refractivity contribution in [1.29, 1.82) is 0 Å². The number of nitrogen functional groups attached to an aromatic ring is 1. The van der Waals surface area contributed by atoms with Crippen molar-refractivity contribution in [2.45, 2.75) is 6.42 Å². The topological polar surface area (TPSA) is 85.4 Å². The number of ether oxygens (including phenoxy) is 1. The van der Waals surface area contributed by atoms with Crippen molar-refractivity contribution in [2.75, 3.05) is 12.3 Å². The summed E-state index contributed by atoms with van der Waals surface area (Å²) < 4.78 is 5.61. The molecule has 0 unspecified atom stereocenters. The fraction of sp³-hybridized carbons (Fsp3) is 0.167. The van der Waals surface area contributed by atoms with Crippen LogP contribution in [0, 0.1) is 0 Å². The van der Waals surface area contributed by atoms with Crippen LogP contribution in [0.25, 0.3) is 10.4 Å². The third-order valence-corrected chi connectivity index (χ3v) is 3.98. The molecule has 2 aromatic rings. The van der Waals surface area contributed by atoms with E-state index in [2.05, 4.69) is 4.98 Å². The maximum atomic E-state index is 11.0. The Hall–Kier alpha value is -2.08. The van der Waals surface area contributed by atoms with Crippen LogP contribution >= 0.6 is 11.3 Å². The van der Waals surface area contributed by atoms with E-state index < -0.39 is 5.97 Å². The molecule has 3 rings (SSSR count). The van der Waals surface area contributed by atoms with E-state index in [-0.39, 0.29) is 0 Å². The summed E-state index contributed by atoms with van der Waals surface area (Å²) >= 11 is 1.24. The zero-order chi connectivity index (χ0) is 12.7. The average molecular weight is 262 g/mol. The van der Waals surface area contributed by atoms with E-state index in [4.69, 9.17) is 15.6 Å². The SMILES string of the molecule is Nc1cc2c(cn1)-c1sc(C(=O)O)cc1CCO2. The first-order valence-corrected chi connectivity index (χ1v) is 6.21. The lowest BCUT2D eigenvalue weighted by Gasteiger charge is -2.06. The smallest absolute Gasteiger partial charge is 0.345 e. The minimum absolute atomic E-state index is 0.338. The zero-order valence-electron chi connectivity index (χ0n) is 9.34. The molecule has 6 heteroatoms. The van der Waals surface area contributed by atoms with Crippen LogP contribution in [-0.2, 0) is 6.42 Å². The third kappa shape index (κ3) is 1.70. The van der Waals surface area contributed by atoms with E-state index in [1.165, 1.54) is 11.3 Å². The predicted molar refractivity (Wildman–Crippen MR) is 68.1 cm³/mol. The molecule has 0 aromatic carbocycles. The number of pyridine rings is 1. The number of anilines is 1. The molecule has 0 saturated heterocycles. The highest BCUT2D eigenvalue weighted by atomic mass is 32.1. The van der Waals surface area contributed by atoms with Gasteiger partial charge in [0.25, 0.3) is 0 Å². The molecule has 5 nitrogen and oxygen atoms in total. The largest absolute Gasteiger partial charge is 0.492 e. The second-order valence-electron chi connectivity index (χ2n) is 3.97. The van der Waals surface area contributed by atoms with Crippen LogP contribution in [0.5, 0.6) is 5.75 Å². The number of hydrogen-bond donors (Lipinski definition) is 2. The molecule has 0 fully saturated rings. The number of thiophene rings is 1. The van der Waals surface area contributed by atoms with Crippen LogP contribution < -0.4 is 10.5 Å². The lowest BCUT2D eigenvalue weighted by molar-refractivity contribution is 0.0702. The van der Waals surface area contributed by atoms with E-state index in [1.807, 2.05) is 0 Å². The number of nitrogens with zero attached hydrogens (tertiary/aromatic N) is 1. The highest BCUT2D eigenvalue weighted by Crippen LogP contribution is 2.40. The normalized spacial score (nSPS) is 13.1. The number of carboxylic acids is 1. The molecule has 92 valence electrons. The fourth-order valence-corrected chi connectivity index (χ4v) is 3.02. The Morgan fingerprint density at radius 3 is 3.11 bits per heavy atom. The molecule has 0 aliphatic carbocycles. The van der Waals surface area contributed by atoms with Gasteiger partial charge < -0.3 is 15.6 Å². The number of aromatic carboxylic acids is 1. The molecule has 1 aliphatic rings. The van der Waals surface area contributed by atoms with Gasteiger partial charge in [-0.25, -0.2) is 9.78 Å². The third-order valence-electron chi connectivity index (χ3n) is 2.78. The molecular weight excluding hydrogens is 252 g/mol. The Morgan fingerprint density at radius 1 is 1.50 bits per heavy atom. The van der Waals surface area contributed by atoms with Gasteiger partial charge in [-0.3, -0.25) is 0 Å². The van der Waals surface area contributed by atoms with E-state index in [9.17, 15) is 4.79 Å². The summed E-state index contributed by atoms with van der Waals surface area (Å²) in [5.74, 6) is 0.159. The molecule has 0 amide bonds. The Bertz CT molecular complexity index is 636. The number of carbonyl (C=O) groups is 1. The summed E-state index contributed by atoms with van der Waals surface area (Å²) in [5, 5.41) is 9.04. The van der Waals surface area contributed by atoms with Gasteiger partial charge in [-0.05, 0) is 11.6 Å². The number of hydrogen-bond acceptors (Lipinski definition) is 5. The lowest BCUT2D eigenvalue weighted by atomic mass is 10.1. The van der Waals surface area contributed by atoms with Gasteiger partial charge in [0.1, 0.15) is 16.4 Å². The number of nitrogens with two attached hydrogens (primary N) is 1. The van der Waals surface area contributed by atoms with E-state index in [1.54, 1.807) is 18.3 Å². The van der Waals surface area contributed by atoms with Crippen LogP contribution in [0.1, 0.15) is 15.2 Å². The number of aromatic nitrogens is 1. The first kappa shape index (κ1) is 11.0. The van der Waals surface area contributed by atoms with Crippen LogP contribution in [0.15, 0.2) is 18.3 Å². The van der Waals surface area contributed by atoms with Crippen LogP contribution in [0.2, 0.25) is 0 Å². The quantitative estimate of drug-likeness (QED) is 0.821. The van der Waals surface area contributed by atoms with Crippen molar-refractivity contribution in [2.24, 2.45) is 0 Å². The maximum Gasteiger partial charge on any atom is 0.345 e. The maximum absolute atomic E-state index is 11.0. The van der Waals surface area contributed by atoms with Gasteiger partial charge in [0, 0.05) is 23.6 Å². The molecule has 2 aromatic heterocycles. The van der Waals surface area contributed by atoms with Gasteiger partial charge in [0.2, 0.25) is 0 Å². The molecular formula is C12H10N2O3S. The standard InChI is InChI=1S/C12H10N2O3S/c13-10-4-8-7(5-14-10)11-6(1-2-17-8)3-9(18-11)12(15)16/h3-5H,1-2H2,(H2,13,14)(H,15,16). The Labute approximate surface area is 107 Å². The first-order valence-electron chi connectivity index (χ1n) is 5.40. The summed E-state index contributed by atoms with van der Waals surface area (Å²) in [7, 11) is 0. The highest BCUT2D eigenvalue weighted by Gasteiger charge is 2.21. The van der Waals surface area contributed by atoms with E-state index >= 15 is 0 Å². The fourth-order valence-electron chi connectivity index (χ4n) is 1.96. The van der Waals surface area contributed by atoms with Gasteiger partial charge in [0.15, 0.2) is 0 Å². The number of carboxylic acid groups (broad SMARTS) is 1. The highest BCUT2D eigenvalue weighted by molar-refractivity contribution is 7.17. The molecule has 0 atom stereocenters. The van der Waals surface area contributed by atoms with Gasteiger partial charge >= 0.3 is 5.97 Å². The van der Waals surface area contributed by atoms with Crippen molar-refractivity contribution in [3.05, 3.63) is 28.8 Å². The Balaban J connectivity index is 2.20. The predicted octanol–water partition coefficient (Wildman–Crippen LogP) is 2.03.